The van der Waals surface area contributed by atoms with E-state index < -0.39 is 4.92 Å². The van der Waals surface area contributed by atoms with Crippen molar-refractivity contribution in [1.29, 1.82) is 0 Å². The van der Waals surface area contributed by atoms with E-state index in [9.17, 15) is 10.1 Å². The molecule has 0 heterocycles. The average Bonchev–Trinajstić information content (AvgIpc) is 2.89. The molecule has 0 amide bonds. The van der Waals surface area contributed by atoms with Crippen molar-refractivity contribution in [2.45, 2.75) is 98.3 Å². The number of hydrogen-bond donors (Lipinski definition) is 0. The van der Waals surface area contributed by atoms with E-state index in [-0.39, 0.29) is 0 Å². The number of allylic oxidation sites excluding steroid dienone is 9. The molecule has 0 bridgehead atoms. The van der Waals surface area contributed by atoms with Gasteiger partial charge in [0.2, 0.25) is 6.20 Å². The number of benzene rings is 1. The molecular weight excluding hydrogens is 456 g/mol. The molecule has 0 spiro atoms. The minimum absolute atomic E-state index is 0.453. The molecule has 1 aromatic carbocycles. The van der Waals surface area contributed by atoms with Crippen LogP contribution in [0.5, 0.6) is 0 Å². The third-order valence-corrected chi connectivity index (χ3v) is 6.60. The maximum atomic E-state index is 10.4. The number of unbranched alkanes of at least 4 members (excludes halogenated alkanes) is 9. The highest BCUT2D eigenvalue weighted by molar-refractivity contribution is 5.69. The van der Waals surface area contributed by atoms with Crippen LogP contribution in [0, 0.1) is 10.1 Å². The molecule has 204 valence electrons. The van der Waals surface area contributed by atoms with Crippen LogP contribution in [0.25, 0.3) is 5.57 Å². The molecule has 0 aliphatic heterocycles. The summed E-state index contributed by atoms with van der Waals surface area (Å²) in [4.78, 5) is 12.3. The fraction of sp³-hybridized carbons (Fsp3) is 0.515. The lowest BCUT2D eigenvalue weighted by molar-refractivity contribution is -0.402. The van der Waals surface area contributed by atoms with E-state index in [2.05, 4.69) is 69.1 Å². The molecular formula is C33H50N2O2. The Balaban J connectivity index is 2.51. The highest BCUT2D eigenvalue weighted by Crippen LogP contribution is 2.23. The van der Waals surface area contributed by atoms with Crippen molar-refractivity contribution in [3.8, 4) is 0 Å². The Bertz CT molecular complexity index is 920. The van der Waals surface area contributed by atoms with Crippen molar-refractivity contribution >= 4 is 11.3 Å². The van der Waals surface area contributed by atoms with Gasteiger partial charge in [-0.25, -0.2) is 0 Å². The van der Waals surface area contributed by atoms with Crippen LogP contribution in [0.15, 0.2) is 78.1 Å². The predicted molar refractivity (Wildman–Crippen MR) is 163 cm³/mol. The average molecular weight is 507 g/mol. The van der Waals surface area contributed by atoms with Crippen LogP contribution < -0.4 is 4.90 Å². The van der Waals surface area contributed by atoms with Crippen LogP contribution in [-0.4, -0.2) is 18.5 Å². The van der Waals surface area contributed by atoms with E-state index in [1.807, 2.05) is 25.2 Å². The number of nitrogens with zero attached hydrogens (tertiary/aromatic N) is 2. The van der Waals surface area contributed by atoms with E-state index in [4.69, 9.17) is 0 Å². The Morgan fingerprint density at radius 3 is 1.92 bits per heavy atom. The molecule has 4 nitrogen and oxygen atoms in total. The summed E-state index contributed by atoms with van der Waals surface area (Å²) in [7, 11) is 2.20. The Morgan fingerprint density at radius 2 is 1.38 bits per heavy atom. The lowest BCUT2D eigenvalue weighted by Gasteiger charge is -2.20. The summed E-state index contributed by atoms with van der Waals surface area (Å²) in [6, 6.07) is 8.94. The first kappa shape index (κ1) is 32.1. The van der Waals surface area contributed by atoms with E-state index >= 15 is 0 Å². The van der Waals surface area contributed by atoms with E-state index in [1.165, 1.54) is 92.7 Å². The van der Waals surface area contributed by atoms with Crippen molar-refractivity contribution < 1.29 is 4.92 Å². The van der Waals surface area contributed by atoms with E-state index in [1.54, 1.807) is 0 Å². The summed E-state index contributed by atoms with van der Waals surface area (Å²) in [5.74, 6) is 0. The second-order valence-corrected chi connectivity index (χ2v) is 9.98. The number of anilines is 1. The minimum atomic E-state index is -0.453. The van der Waals surface area contributed by atoms with Crippen LogP contribution in [0.1, 0.15) is 104 Å². The Kier molecular flexibility index (Phi) is 17.6. The topological polar surface area (TPSA) is 46.4 Å². The van der Waals surface area contributed by atoms with Gasteiger partial charge in [-0.3, -0.25) is 10.1 Å². The number of hydrogen-bond acceptors (Lipinski definition) is 3. The lowest BCUT2D eigenvalue weighted by atomic mass is 10.0. The molecule has 0 saturated carbocycles. The molecule has 4 heteroatoms. The molecule has 0 atom stereocenters. The van der Waals surface area contributed by atoms with Crippen LogP contribution in [0.2, 0.25) is 0 Å². The normalized spacial score (nSPS) is 13.2. The van der Waals surface area contributed by atoms with Crippen molar-refractivity contribution in [3.63, 3.8) is 0 Å². The third kappa shape index (κ3) is 15.8. The summed E-state index contributed by atoms with van der Waals surface area (Å²) in [6.07, 6.45) is 27.1. The van der Waals surface area contributed by atoms with Crippen molar-refractivity contribution in [2.75, 3.05) is 18.5 Å². The summed E-state index contributed by atoms with van der Waals surface area (Å²) in [6.45, 7) is 9.51. The first-order chi connectivity index (χ1) is 17.9. The van der Waals surface area contributed by atoms with Gasteiger partial charge < -0.3 is 4.90 Å². The Hall–Kier alpha value is -2.88. The molecule has 0 saturated heterocycles. The largest absolute Gasteiger partial charge is 0.375 e. The second kappa shape index (κ2) is 20.2. The summed E-state index contributed by atoms with van der Waals surface area (Å²) in [5, 5.41) is 10.4. The highest BCUT2D eigenvalue weighted by atomic mass is 16.6. The van der Waals surface area contributed by atoms with Gasteiger partial charge in [-0.05, 0) is 55.5 Å². The van der Waals surface area contributed by atoms with Gasteiger partial charge in [-0.2, -0.15) is 0 Å². The Labute approximate surface area is 226 Å². The van der Waals surface area contributed by atoms with Gasteiger partial charge >= 0.3 is 0 Å². The molecule has 0 radical (unpaired) electrons. The second-order valence-electron chi connectivity index (χ2n) is 9.98. The smallest absolute Gasteiger partial charge is 0.234 e. The van der Waals surface area contributed by atoms with Gasteiger partial charge in [0, 0.05) is 25.4 Å². The van der Waals surface area contributed by atoms with Gasteiger partial charge in [-0.1, -0.05) is 120 Å². The van der Waals surface area contributed by atoms with Gasteiger partial charge in [0.25, 0.3) is 0 Å². The van der Waals surface area contributed by atoms with Crippen LogP contribution in [0.4, 0.5) is 5.69 Å². The highest BCUT2D eigenvalue weighted by Gasteiger charge is 2.04. The quantitative estimate of drug-likeness (QED) is 0.0811. The fourth-order valence-corrected chi connectivity index (χ4v) is 4.26. The minimum Gasteiger partial charge on any atom is -0.375 e. The van der Waals surface area contributed by atoms with Crippen LogP contribution in [0.3, 0.4) is 0 Å². The monoisotopic (exact) mass is 506 g/mol. The standard InChI is InChI=1S/C33H50N2O2/c1-6-8-9-10-11-12-13-14-15-18-26-34(5)33-23-21-32(22-24-33)31(7-2)28-30(4)20-17-16-19-29(3)25-27-35(36)37/h16-17,19-25,27-28H,6-15,18,26H2,1-5H3. The van der Waals surface area contributed by atoms with Crippen LogP contribution >= 0.6 is 0 Å². The van der Waals surface area contributed by atoms with Gasteiger partial charge in [0.15, 0.2) is 0 Å². The van der Waals surface area contributed by atoms with Crippen molar-refractivity contribution in [3.05, 3.63) is 93.7 Å². The molecule has 1 aromatic rings. The van der Waals surface area contributed by atoms with Crippen molar-refractivity contribution in [1.82, 2.24) is 0 Å². The van der Waals surface area contributed by atoms with E-state index in [0.717, 1.165) is 24.7 Å². The number of rotatable bonds is 19. The van der Waals surface area contributed by atoms with Gasteiger partial charge in [-0.15, -0.1) is 0 Å². The maximum Gasteiger partial charge on any atom is 0.234 e. The number of nitro groups is 1. The molecule has 0 fully saturated rings. The van der Waals surface area contributed by atoms with E-state index in [0.29, 0.717) is 0 Å². The SMILES string of the molecule is CCCCCCCCCCCCN(C)c1ccc(C(=CC(C)=CC=CC=C(C)C=C[N+](=O)[O-])CC)cc1. The maximum absolute atomic E-state index is 10.4. The summed E-state index contributed by atoms with van der Waals surface area (Å²) in [5.41, 5.74) is 5.85. The fourth-order valence-electron chi connectivity index (χ4n) is 4.26. The first-order valence-electron chi connectivity index (χ1n) is 14.2. The molecule has 0 aromatic heterocycles. The Morgan fingerprint density at radius 1 is 0.838 bits per heavy atom. The summed E-state index contributed by atoms with van der Waals surface area (Å²) >= 11 is 0. The molecule has 1 rings (SSSR count). The molecule has 0 aliphatic rings. The van der Waals surface area contributed by atoms with Crippen molar-refractivity contribution in [2.24, 2.45) is 0 Å². The molecule has 0 N–H and O–H groups in total. The zero-order chi connectivity index (χ0) is 27.3. The lowest BCUT2D eigenvalue weighted by Crippen LogP contribution is -2.18. The zero-order valence-corrected chi connectivity index (χ0v) is 24.0. The first-order valence-corrected chi connectivity index (χ1v) is 14.2. The van der Waals surface area contributed by atoms with Crippen LogP contribution in [-0.2, 0) is 0 Å². The molecule has 37 heavy (non-hydrogen) atoms. The van der Waals surface area contributed by atoms with Gasteiger partial charge in [0.1, 0.15) is 0 Å². The third-order valence-electron chi connectivity index (χ3n) is 6.60. The summed E-state index contributed by atoms with van der Waals surface area (Å²) < 4.78 is 0. The molecule has 0 aliphatic carbocycles. The van der Waals surface area contributed by atoms with Gasteiger partial charge in [0.05, 0.1) is 4.92 Å². The molecule has 0 unspecified atom stereocenters. The zero-order valence-electron chi connectivity index (χ0n) is 24.0. The predicted octanol–water partition coefficient (Wildman–Crippen LogP) is 10.1.